The highest BCUT2D eigenvalue weighted by Gasteiger charge is 2.13. The summed E-state index contributed by atoms with van der Waals surface area (Å²) in [5, 5.41) is 3.95. The van der Waals surface area contributed by atoms with Crippen LogP contribution in [0.1, 0.15) is 15.9 Å². The Morgan fingerprint density at radius 3 is 2.91 bits per heavy atom. The molecule has 23 heavy (non-hydrogen) atoms. The first kappa shape index (κ1) is 15.4. The number of hydrogen-bond acceptors (Lipinski definition) is 5. The van der Waals surface area contributed by atoms with Crippen LogP contribution < -0.4 is 19.6 Å². The van der Waals surface area contributed by atoms with Gasteiger partial charge in [0.1, 0.15) is 5.75 Å². The first-order chi connectivity index (χ1) is 11.2. The third-order valence-electron chi connectivity index (χ3n) is 3.18. The molecule has 1 N–H and O–H groups in total. The molecule has 2 aromatic rings. The zero-order valence-corrected chi connectivity index (χ0v) is 13.8. The van der Waals surface area contributed by atoms with E-state index in [0.29, 0.717) is 22.8 Å². The number of hydrogen-bond donors (Lipinski definition) is 1. The standard InChI is InChI=1S/C16H13BrN2O4/c1-21-14-7-11(17)3-4-12(14)16(20)19-18-8-10-2-5-13-15(6-10)23-9-22-13/h2-8H,9H2,1H3,(H,19,20)/b18-8-. The fraction of sp³-hybridized carbons (Fsp3) is 0.125. The van der Waals surface area contributed by atoms with Crippen molar-refractivity contribution in [3.8, 4) is 17.2 Å². The minimum absolute atomic E-state index is 0.218. The highest BCUT2D eigenvalue weighted by Crippen LogP contribution is 2.32. The lowest BCUT2D eigenvalue weighted by atomic mass is 10.2. The van der Waals surface area contributed by atoms with Crippen LogP contribution in [0.25, 0.3) is 0 Å². The van der Waals surface area contributed by atoms with Crippen molar-refractivity contribution in [2.75, 3.05) is 13.9 Å². The summed E-state index contributed by atoms with van der Waals surface area (Å²) < 4.78 is 16.5. The predicted molar refractivity (Wildman–Crippen MR) is 88.3 cm³/mol. The van der Waals surface area contributed by atoms with E-state index in [4.69, 9.17) is 14.2 Å². The Balaban J connectivity index is 1.69. The summed E-state index contributed by atoms with van der Waals surface area (Å²) in [6, 6.07) is 10.6. The highest BCUT2D eigenvalue weighted by atomic mass is 79.9. The van der Waals surface area contributed by atoms with Crippen LogP contribution in [-0.4, -0.2) is 26.0 Å². The average Bonchev–Trinajstić information content (AvgIpc) is 3.02. The SMILES string of the molecule is COc1cc(Br)ccc1C(=O)N/N=C\c1ccc2c(c1)OCO2. The van der Waals surface area contributed by atoms with Gasteiger partial charge >= 0.3 is 0 Å². The molecule has 1 heterocycles. The molecule has 0 saturated carbocycles. The summed E-state index contributed by atoms with van der Waals surface area (Å²) in [7, 11) is 1.51. The number of benzene rings is 2. The number of hydrazone groups is 1. The molecule has 0 radical (unpaired) electrons. The zero-order chi connectivity index (χ0) is 16.2. The van der Waals surface area contributed by atoms with E-state index < -0.39 is 0 Å². The maximum atomic E-state index is 12.1. The van der Waals surface area contributed by atoms with Gasteiger partial charge in [0, 0.05) is 4.47 Å². The van der Waals surface area contributed by atoms with Crippen LogP contribution >= 0.6 is 15.9 Å². The van der Waals surface area contributed by atoms with Crippen molar-refractivity contribution in [3.05, 3.63) is 52.0 Å². The van der Waals surface area contributed by atoms with Gasteiger partial charge in [-0.2, -0.15) is 5.10 Å². The van der Waals surface area contributed by atoms with Gasteiger partial charge in [-0.3, -0.25) is 4.79 Å². The van der Waals surface area contributed by atoms with E-state index in [2.05, 4.69) is 26.5 Å². The zero-order valence-electron chi connectivity index (χ0n) is 12.2. The summed E-state index contributed by atoms with van der Waals surface area (Å²) in [6.07, 6.45) is 1.53. The van der Waals surface area contributed by atoms with Crippen LogP contribution in [0.3, 0.4) is 0 Å². The number of halogens is 1. The lowest BCUT2D eigenvalue weighted by molar-refractivity contribution is 0.0952. The van der Waals surface area contributed by atoms with Crippen LogP contribution in [0.4, 0.5) is 0 Å². The molecular weight excluding hydrogens is 364 g/mol. The minimum Gasteiger partial charge on any atom is -0.496 e. The maximum Gasteiger partial charge on any atom is 0.275 e. The molecule has 6 nitrogen and oxygen atoms in total. The van der Waals surface area contributed by atoms with Gasteiger partial charge in [-0.1, -0.05) is 15.9 Å². The fourth-order valence-corrected chi connectivity index (χ4v) is 2.41. The van der Waals surface area contributed by atoms with E-state index >= 15 is 0 Å². The lowest BCUT2D eigenvalue weighted by Gasteiger charge is -2.07. The smallest absolute Gasteiger partial charge is 0.275 e. The molecule has 0 unspecified atom stereocenters. The number of fused-ring (bicyclic) bond motifs is 1. The fourth-order valence-electron chi connectivity index (χ4n) is 2.07. The molecule has 0 aliphatic carbocycles. The topological polar surface area (TPSA) is 69.2 Å². The van der Waals surface area contributed by atoms with E-state index in [1.807, 2.05) is 6.07 Å². The summed E-state index contributed by atoms with van der Waals surface area (Å²) in [5.74, 6) is 1.47. The summed E-state index contributed by atoms with van der Waals surface area (Å²) in [5.41, 5.74) is 3.66. The molecule has 7 heteroatoms. The molecule has 2 aromatic carbocycles. The predicted octanol–water partition coefficient (Wildman–Crippen LogP) is 2.95. The van der Waals surface area contributed by atoms with Crippen molar-refractivity contribution in [2.45, 2.75) is 0 Å². The molecule has 1 amide bonds. The van der Waals surface area contributed by atoms with Crippen molar-refractivity contribution in [1.82, 2.24) is 5.43 Å². The maximum absolute atomic E-state index is 12.1. The third-order valence-corrected chi connectivity index (χ3v) is 3.68. The second kappa shape index (κ2) is 6.70. The molecular formula is C16H13BrN2O4. The Bertz CT molecular complexity index is 777. The summed E-state index contributed by atoms with van der Waals surface area (Å²) in [4.78, 5) is 12.1. The van der Waals surface area contributed by atoms with E-state index in [9.17, 15) is 4.79 Å². The van der Waals surface area contributed by atoms with Crippen LogP contribution in [0, 0.1) is 0 Å². The van der Waals surface area contributed by atoms with Crippen LogP contribution in [0.15, 0.2) is 46.0 Å². The van der Waals surface area contributed by atoms with Crippen molar-refractivity contribution >= 4 is 28.1 Å². The number of methoxy groups -OCH3 is 1. The van der Waals surface area contributed by atoms with Crippen LogP contribution in [-0.2, 0) is 0 Å². The molecule has 118 valence electrons. The average molecular weight is 377 g/mol. The van der Waals surface area contributed by atoms with Crippen LogP contribution in [0.2, 0.25) is 0 Å². The Morgan fingerprint density at radius 1 is 1.26 bits per heavy atom. The van der Waals surface area contributed by atoms with Gasteiger partial charge < -0.3 is 14.2 Å². The van der Waals surface area contributed by atoms with Crippen LogP contribution in [0.5, 0.6) is 17.2 Å². The van der Waals surface area contributed by atoms with E-state index in [1.165, 1.54) is 13.3 Å². The molecule has 0 spiro atoms. The number of carbonyl (C=O) groups is 1. The molecule has 0 bridgehead atoms. The van der Waals surface area contributed by atoms with Gasteiger partial charge in [-0.05, 0) is 42.0 Å². The second-order valence-corrected chi connectivity index (χ2v) is 5.57. The van der Waals surface area contributed by atoms with Gasteiger partial charge in [-0.25, -0.2) is 5.43 Å². The normalized spacial score (nSPS) is 12.4. The minimum atomic E-state index is -0.355. The highest BCUT2D eigenvalue weighted by molar-refractivity contribution is 9.10. The monoisotopic (exact) mass is 376 g/mol. The van der Waals surface area contributed by atoms with Gasteiger partial charge in [-0.15, -0.1) is 0 Å². The number of nitrogens with one attached hydrogen (secondary N) is 1. The molecule has 3 rings (SSSR count). The van der Waals surface area contributed by atoms with Gasteiger partial charge in [0.15, 0.2) is 11.5 Å². The lowest BCUT2D eigenvalue weighted by Crippen LogP contribution is -2.18. The van der Waals surface area contributed by atoms with Crippen molar-refractivity contribution in [1.29, 1.82) is 0 Å². The summed E-state index contributed by atoms with van der Waals surface area (Å²) in [6.45, 7) is 0.218. The Hall–Kier alpha value is -2.54. The van der Waals surface area contributed by atoms with Gasteiger partial charge in [0.25, 0.3) is 5.91 Å². The van der Waals surface area contributed by atoms with Gasteiger partial charge in [0.2, 0.25) is 6.79 Å². The van der Waals surface area contributed by atoms with E-state index in [1.54, 1.807) is 30.3 Å². The van der Waals surface area contributed by atoms with Crippen molar-refractivity contribution in [3.63, 3.8) is 0 Å². The molecule has 0 aromatic heterocycles. The quantitative estimate of drug-likeness (QED) is 0.657. The first-order valence-corrected chi connectivity index (χ1v) is 7.53. The molecule has 1 aliphatic rings. The summed E-state index contributed by atoms with van der Waals surface area (Å²) >= 11 is 3.33. The number of carbonyl (C=O) groups excluding carboxylic acids is 1. The number of nitrogens with zero attached hydrogens (tertiary/aromatic N) is 1. The largest absolute Gasteiger partial charge is 0.496 e. The van der Waals surface area contributed by atoms with Crippen molar-refractivity contribution < 1.29 is 19.0 Å². The second-order valence-electron chi connectivity index (χ2n) is 4.66. The molecule has 0 saturated heterocycles. The number of amides is 1. The van der Waals surface area contributed by atoms with Crippen molar-refractivity contribution in [2.24, 2.45) is 5.10 Å². The Labute approximate surface area is 141 Å². The van der Waals surface area contributed by atoms with Gasteiger partial charge in [0.05, 0.1) is 18.9 Å². The molecule has 0 atom stereocenters. The first-order valence-electron chi connectivity index (χ1n) is 6.74. The van der Waals surface area contributed by atoms with E-state index in [-0.39, 0.29) is 12.7 Å². The molecule has 0 fully saturated rings. The number of ether oxygens (including phenoxy) is 3. The Kier molecular flexibility index (Phi) is 4.47. The number of rotatable bonds is 4. The van der Waals surface area contributed by atoms with E-state index in [0.717, 1.165) is 10.0 Å². The molecule has 1 aliphatic heterocycles. The third kappa shape index (κ3) is 3.45. The Morgan fingerprint density at radius 2 is 2.09 bits per heavy atom.